The average molecular weight is 261 g/mol. The van der Waals surface area contributed by atoms with E-state index < -0.39 is 12.0 Å². The monoisotopic (exact) mass is 261 g/mol. The van der Waals surface area contributed by atoms with Crippen LogP contribution in [0.2, 0.25) is 0 Å². The minimum atomic E-state index is -1.11. The lowest BCUT2D eigenvalue weighted by Crippen LogP contribution is -2.24. The van der Waals surface area contributed by atoms with Crippen LogP contribution in [-0.2, 0) is 4.79 Å². The molecule has 0 amide bonds. The lowest BCUT2D eigenvalue weighted by atomic mass is 10.0. The van der Waals surface area contributed by atoms with E-state index in [9.17, 15) is 9.18 Å². The molecule has 19 heavy (non-hydrogen) atoms. The third-order valence-corrected chi connectivity index (χ3v) is 2.77. The Kier molecular flexibility index (Phi) is 2.48. The molecule has 0 radical (unpaired) electrons. The number of nitrogens with zero attached hydrogens (tertiary/aromatic N) is 4. The molecule has 0 aliphatic carbocycles. The van der Waals surface area contributed by atoms with Crippen LogP contribution in [0.15, 0.2) is 36.0 Å². The number of halogens is 1. The maximum atomic E-state index is 12.9. The van der Waals surface area contributed by atoms with Gasteiger partial charge in [0, 0.05) is 0 Å². The summed E-state index contributed by atoms with van der Waals surface area (Å²) in [4.78, 5) is 11.0. The Morgan fingerprint density at radius 2 is 2.11 bits per heavy atom. The molecule has 1 aliphatic rings. The van der Waals surface area contributed by atoms with Gasteiger partial charge in [-0.2, -0.15) is 4.68 Å². The van der Waals surface area contributed by atoms with Gasteiger partial charge in [0.25, 0.3) is 0 Å². The average Bonchev–Trinajstić information content (AvgIpc) is 2.86. The molecule has 1 aliphatic heterocycles. The second kappa shape index (κ2) is 4.16. The molecular formula is C11H8FN5O2. The van der Waals surface area contributed by atoms with Crippen LogP contribution in [0.4, 0.5) is 10.3 Å². The second-order valence-corrected chi connectivity index (χ2v) is 3.95. The Labute approximate surface area is 106 Å². The number of rotatable bonds is 2. The fourth-order valence-electron chi connectivity index (χ4n) is 1.88. The van der Waals surface area contributed by atoms with E-state index in [0.717, 1.165) is 0 Å². The number of hydrogen-bond donors (Lipinski definition) is 2. The van der Waals surface area contributed by atoms with Crippen LogP contribution in [0.25, 0.3) is 0 Å². The number of hydrogen-bond acceptors (Lipinski definition) is 5. The van der Waals surface area contributed by atoms with Gasteiger partial charge in [0.2, 0.25) is 5.95 Å². The van der Waals surface area contributed by atoms with Gasteiger partial charge in [0.15, 0.2) is 0 Å². The fraction of sp³-hybridized carbons (Fsp3) is 0.0909. The van der Waals surface area contributed by atoms with Gasteiger partial charge in [-0.05, 0) is 34.2 Å². The highest BCUT2D eigenvalue weighted by Crippen LogP contribution is 2.27. The Bertz CT molecular complexity index is 664. The van der Waals surface area contributed by atoms with Gasteiger partial charge in [-0.1, -0.05) is 17.2 Å². The van der Waals surface area contributed by atoms with Crippen LogP contribution >= 0.6 is 0 Å². The first kappa shape index (κ1) is 11.3. The molecule has 0 bridgehead atoms. The maximum absolute atomic E-state index is 12.9. The van der Waals surface area contributed by atoms with E-state index in [2.05, 4.69) is 20.8 Å². The molecule has 0 unspecified atom stereocenters. The van der Waals surface area contributed by atoms with Crippen LogP contribution in [-0.4, -0.2) is 31.3 Å². The smallest absolute Gasteiger partial charge is 0.352 e. The van der Waals surface area contributed by atoms with E-state index >= 15 is 0 Å². The molecule has 0 fully saturated rings. The summed E-state index contributed by atoms with van der Waals surface area (Å²) in [7, 11) is 0. The van der Waals surface area contributed by atoms with E-state index in [1.54, 1.807) is 12.1 Å². The fourth-order valence-corrected chi connectivity index (χ4v) is 1.88. The second-order valence-electron chi connectivity index (χ2n) is 3.95. The Morgan fingerprint density at radius 3 is 2.79 bits per heavy atom. The van der Waals surface area contributed by atoms with E-state index in [-0.39, 0.29) is 17.5 Å². The van der Waals surface area contributed by atoms with Gasteiger partial charge in [0.1, 0.15) is 17.6 Å². The number of nitrogens with one attached hydrogen (secondary N) is 1. The van der Waals surface area contributed by atoms with E-state index in [0.29, 0.717) is 5.56 Å². The SMILES string of the molecule is O=C(O)C1=C[C@@H](c2ccc(F)cc2)n2nnnc2N1. The van der Waals surface area contributed by atoms with Crippen molar-refractivity contribution >= 4 is 11.9 Å². The highest BCUT2D eigenvalue weighted by molar-refractivity contribution is 5.90. The van der Waals surface area contributed by atoms with Gasteiger partial charge in [0.05, 0.1) is 0 Å². The highest BCUT2D eigenvalue weighted by Gasteiger charge is 2.26. The first-order valence-corrected chi connectivity index (χ1v) is 5.40. The van der Waals surface area contributed by atoms with Gasteiger partial charge < -0.3 is 10.4 Å². The van der Waals surface area contributed by atoms with E-state index in [1.807, 2.05) is 0 Å². The van der Waals surface area contributed by atoms with Gasteiger partial charge in [-0.15, -0.1) is 0 Å². The summed E-state index contributed by atoms with van der Waals surface area (Å²) < 4.78 is 14.4. The summed E-state index contributed by atoms with van der Waals surface area (Å²) in [6, 6.07) is 5.24. The minimum absolute atomic E-state index is 0.0170. The molecule has 2 N–H and O–H groups in total. The molecule has 8 heteroatoms. The standard InChI is InChI=1S/C11H8FN5O2/c12-7-3-1-6(2-4-7)9-5-8(10(18)19)13-11-14-15-16-17(9)11/h1-5,9H,(H,18,19)(H,13,14,16)/t9-/m0/s1. The zero-order valence-electron chi connectivity index (χ0n) is 9.49. The van der Waals surface area contributed by atoms with Crippen molar-refractivity contribution in [2.24, 2.45) is 0 Å². The molecule has 3 rings (SSSR count). The number of carboxylic acid groups (broad SMARTS) is 1. The molecule has 2 aromatic rings. The van der Waals surface area contributed by atoms with Crippen molar-refractivity contribution < 1.29 is 14.3 Å². The topological polar surface area (TPSA) is 92.9 Å². The first-order valence-electron chi connectivity index (χ1n) is 5.40. The number of anilines is 1. The summed E-state index contributed by atoms with van der Waals surface area (Å²) in [5.41, 5.74) is 0.673. The number of benzene rings is 1. The van der Waals surface area contributed by atoms with Crippen LogP contribution in [0.3, 0.4) is 0 Å². The molecule has 2 heterocycles. The number of aromatic nitrogens is 4. The number of fused-ring (bicyclic) bond motifs is 1. The number of aliphatic carboxylic acids is 1. The number of carbonyl (C=O) groups is 1. The van der Waals surface area contributed by atoms with Crippen molar-refractivity contribution in [1.29, 1.82) is 0 Å². The van der Waals surface area contributed by atoms with Gasteiger partial charge in [-0.3, -0.25) is 0 Å². The zero-order valence-corrected chi connectivity index (χ0v) is 9.49. The van der Waals surface area contributed by atoms with Crippen molar-refractivity contribution in [2.75, 3.05) is 5.32 Å². The minimum Gasteiger partial charge on any atom is -0.477 e. The summed E-state index contributed by atoms with van der Waals surface area (Å²) in [6.07, 6.45) is 1.47. The quantitative estimate of drug-likeness (QED) is 0.830. The third-order valence-electron chi connectivity index (χ3n) is 2.77. The molecule has 0 saturated heterocycles. The van der Waals surface area contributed by atoms with E-state index in [4.69, 9.17) is 5.11 Å². The molecule has 1 aromatic heterocycles. The van der Waals surface area contributed by atoms with Crippen LogP contribution in [0.1, 0.15) is 11.6 Å². The molecule has 1 atom stereocenters. The van der Waals surface area contributed by atoms with Crippen LogP contribution < -0.4 is 5.32 Å². The largest absolute Gasteiger partial charge is 0.477 e. The lowest BCUT2D eigenvalue weighted by molar-refractivity contribution is -0.132. The normalized spacial score (nSPS) is 17.3. The number of carboxylic acids is 1. The summed E-state index contributed by atoms with van der Waals surface area (Å²) in [5.74, 6) is -1.24. The number of tetrazole rings is 1. The van der Waals surface area contributed by atoms with Crippen LogP contribution in [0, 0.1) is 5.82 Å². The highest BCUT2D eigenvalue weighted by atomic mass is 19.1. The van der Waals surface area contributed by atoms with Crippen molar-refractivity contribution in [3.8, 4) is 0 Å². The third kappa shape index (κ3) is 1.92. The van der Waals surface area contributed by atoms with E-state index in [1.165, 1.54) is 22.9 Å². The van der Waals surface area contributed by atoms with Crippen LogP contribution in [0.5, 0.6) is 0 Å². The van der Waals surface area contributed by atoms with Gasteiger partial charge >= 0.3 is 5.97 Å². The van der Waals surface area contributed by atoms with Crippen molar-refractivity contribution in [1.82, 2.24) is 20.2 Å². The number of allylic oxidation sites excluding steroid dienone is 1. The molecule has 0 saturated carbocycles. The molecule has 0 spiro atoms. The summed E-state index contributed by atoms with van der Waals surface area (Å²) in [5, 5.41) is 22.6. The lowest BCUT2D eigenvalue weighted by Gasteiger charge is -2.21. The zero-order chi connectivity index (χ0) is 13.4. The Balaban J connectivity index is 2.09. The predicted octanol–water partition coefficient (Wildman–Crippen LogP) is 0.796. The Hall–Kier alpha value is -2.77. The van der Waals surface area contributed by atoms with Gasteiger partial charge in [-0.25, -0.2) is 9.18 Å². The molecule has 7 nitrogen and oxygen atoms in total. The predicted molar refractivity (Wildman–Crippen MR) is 61.7 cm³/mol. The van der Waals surface area contributed by atoms with Crippen molar-refractivity contribution in [3.05, 3.63) is 47.4 Å². The van der Waals surface area contributed by atoms with Crippen molar-refractivity contribution in [2.45, 2.75) is 6.04 Å². The summed E-state index contributed by atoms with van der Waals surface area (Å²) >= 11 is 0. The van der Waals surface area contributed by atoms with Crippen molar-refractivity contribution in [3.63, 3.8) is 0 Å². The molecular weight excluding hydrogens is 253 g/mol. The summed E-state index contributed by atoms with van der Waals surface area (Å²) in [6.45, 7) is 0. The maximum Gasteiger partial charge on any atom is 0.352 e. The molecule has 96 valence electrons. The Morgan fingerprint density at radius 1 is 1.37 bits per heavy atom. The first-order chi connectivity index (χ1) is 9.15. The molecule has 1 aromatic carbocycles.